The topological polar surface area (TPSA) is 178 Å². The molecule has 4 amide bonds. The van der Waals surface area contributed by atoms with Crippen LogP contribution in [0.1, 0.15) is 11.6 Å². The lowest BCUT2D eigenvalue weighted by Gasteiger charge is -2.22. The van der Waals surface area contributed by atoms with Crippen molar-refractivity contribution >= 4 is 33.6 Å². The van der Waals surface area contributed by atoms with Crippen LogP contribution in [-0.2, 0) is 19.0 Å². The van der Waals surface area contributed by atoms with Crippen LogP contribution in [0.3, 0.4) is 0 Å². The van der Waals surface area contributed by atoms with E-state index in [0.717, 1.165) is 12.8 Å². The number of rotatable bonds is 6. The minimum Gasteiger partial charge on any atom is -0.342 e. The first-order valence-electron chi connectivity index (χ1n) is 9.63. The second kappa shape index (κ2) is 7.09. The lowest BCUT2D eigenvalue weighted by atomic mass is 10.1. The second-order valence-corrected chi connectivity index (χ2v) is 8.68. The van der Waals surface area contributed by atoms with Gasteiger partial charge in [-0.05, 0) is 12.2 Å². The van der Waals surface area contributed by atoms with Crippen molar-refractivity contribution in [1.29, 1.82) is 0 Å². The zero-order valence-electron chi connectivity index (χ0n) is 16.5. The first kappa shape index (κ1) is 19.8. The van der Waals surface area contributed by atoms with Crippen LogP contribution in [0.2, 0.25) is 0 Å². The first-order valence-corrected chi connectivity index (χ1v) is 11.0. The van der Waals surface area contributed by atoms with Crippen molar-refractivity contribution in [2.75, 3.05) is 26.2 Å². The number of urea groups is 2. The molecule has 0 spiro atoms. The highest BCUT2D eigenvalue weighted by atomic mass is 32.3. The second-order valence-electron chi connectivity index (χ2n) is 7.56. The maximum absolute atomic E-state index is 12.6. The Morgan fingerprint density at radius 1 is 0.818 bits per heavy atom. The van der Waals surface area contributed by atoms with Crippen LogP contribution in [-0.4, -0.2) is 99.0 Å². The number of hydroxylamine groups is 4. The van der Waals surface area contributed by atoms with E-state index in [-0.39, 0.29) is 37.8 Å². The standard InChI is InChI=1S/C16H14N8O8S/c25-15-21-3-9(13-17-7-29-19-13)1-11(5-21)23(15)31-33(27,28)32-24-12-2-10(14-18-8-30-20-14)4-22(6-12)16(24)26/h1-2,7-8,11-12H,3-6H2. The summed E-state index contributed by atoms with van der Waals surface area (Å²) < 4.78 is 44.6. The highest BCUT2D eigenvalue weighted by Crippen LogP contribution is 2.31. The average Bonchev–Trinajstić information content (AvgIpc) is 3.59. The molecule has 2 unspecified atom stereocenters. The fourth-order valence-electron chi connectivity index (χ4n) is 4.10. The third-order valence-electron chi connectivity index (χ3n) is 5.49. The average molecular weight is 478 g/mol. The molecule has 16 nitrogen and oxygen atoms in total. The highest BCUT2D eigenvalue weighted by Gasteiger charge is 2.47. The molecule has 2 aromatic heterocycles. The zero-order valence-corrected chi connectivity index (χ0v) is 17.4. The maximum atomic E-state index is 12.6. The lowest BCUT2D eigenvalue weighted by molar-refractivity contribution is -0.0723. The van der Waals surface area contributed by atoms with Gasteiger partial charge >= 0.3 is 22.5 Å². The molecular formula is C16H14N8O8S. The van der Waals surface area contributed by atoms with Crippen molar-refractivity contribution in [3.8, 4) is 0 Å². The third kappa shape index (κ3) is 3.33. The minimum atomic E-state index is -4.84. The van der Waals surface area contributed by atoms with Gasteiger partial charge in [-0.25, -0.2) is 9.59 Å². The van der Waals surface area contributed by atoms with Crippen molar-refractivity contribution < 1.29 is 35.6 Å². The summed E-state index contributed by atoms with van der Waals surface area (Å²) in [5, 5.41) is 8.81. The molecule has 33 heavy (non-hydrogen) atoms. The van der Waals surface area contributed by atoms with Crippen LogP contribution >= 0.6 is 0 Å². The summed E-state index contributed by atoms with van der Waals surface area (Å²) in [7, 11) is -4.84. The number of nitrogens with zero attached hydrogens (tertiary/aromatic N) is 8. The Balaban J connectivity index is 1.19. The van der Waals surface area contributed by atoms with Crippen molar-refractivity contribution in [2.45, 2.75) is 12.1 Å². The normalized spacial score (nSPS) is 24.6. The number of fused-ring (bicyclic) bond motifs is 4. The molecule has 4 aliphatic rings. The quantitative estimate of drug-likeness (QED) is 0.509. The molecule has 4 bridgehead atoms. The van der Waals surface area contributed by atoms with E-state index in [9.17, 15) is 18.0 Å². The zero-order chi connectivity index (χ0) is 22.7. The summed E-state index contributed by atoms with van der Waals surface area (Å²) >= 11 is 0. The van der Waals surface area contributed by atoms with Crippen LogP contribution in [0.15, 0.2) is 34.0 Å². The van der Waals surface area contributed by atoms with E-state index in [1.165, 1.54) is 9.80 Å². The van der Waals surface area contributed by atoms with E-state index in [4.69, 9.17) is 17.6 Å². The van der Waals surface area contributed by atoms with Gasteiger partial charge in [0.2, 0.25) is 12.8 Å². The number of carbonyl (C=O) groups is 2. The van der Waals surface area contributed by atoms with Gasteiger partial charge in [-0.15, -0.1) is 8.57 Å². The van der Waals surface area contributed by atoms with Crippen LogP contribution in [0.25, 0.3) is 11.1 Å². The monoisotopic (exact) mass is 478 g/mol. The Morgan fingerprint density at radius 3 is 1.67 bits per heavy atom. The summed E-state index contributed by atoms with van der Waals surface area (Å²) in [5.41, 5.74) is 1.15. The highest BCUT2D eigenvalue weighted by molar-refractivity contribution is 7.81. The molecule has 2 fully saturated rings. The molecule has 6 rings (SSSR count). The van der Waals surface area contributed by atoms with Crippen LogP contribution in [0.4, 0.5) is 9.59 Å². The number of aromatic nitrogens is 4. The Kier molecular flexibility index (Phi) is 4.26. The van der Waals surface area contributed by atoms with Gasteiger partial charge in [0.1, 0.15) is 0 Å². The summed E-state index contributed by atoms with van der Waals surface area (Å²) in [6.07, 6.45) is 5.52. The minimum absolute atomic E-state index is 0.154. The first-order chi connectivity index (χ1) is 15.9. The molecule has 2 atom stereocenters. The Labute approximate surface area is 184 Å². The van der Waals surface area contributed by atoms with Crippen molar-refractivity contribution in [3.63, 3.8) is 0 Å². The molecule has 172 valence electrons. The Hall–Kier alpha value is -3.83. The molecule has 2 aromatic rings. The van der Waals surface area contributed by atoms with Gasteiger partial charge in [-0.3, -0.25) is 0 Å². The molecule has 0 saturated carbocycles. The van der Waals surface area contributed by atoms with Crippen molar-refractivity contribution in [2.24, 2.45) is 0 Å². The molecular weight excluding hydrogens is 464 g/mol. The molecule has 2 saturated heterocycles. The fraction of sp³-hybridized carbons (Fsp3) is 0.375. The van der Waals surface area contributed by atoms with Gasteiger partial charge in [0, 0.05) is 24.2 Å². The van der Waals surface area contributed by atoms with E-state index >= 15 is 0 Å². The predicted octanol–water partition coefficient (Wildman–Crippen LogP) is -0.733. The molecule has 0 aromatic carbocycles. The number of carbonyl (C=O) groups excluding carboxylic acids is 2. The summed E-state index contributed by atoms with van der Waals surface area (Å²) in [6.45, 7) is 0.707. The molecule has 0 radical (unpaired) electrons. The maximum Gasteiger partial charge on any atom is 0.442 e. The molecule has 17 heteroatoms. The van der Waals surface area contributed by atoms with Crippen LogP contribution < -0.4 is 0 Å². The number of hydrogen-bond acceptors (Lipinski definition) is 12. The van der Waals surface area contributed by atoms with E-state index in [0.29, 0.717) is 21.3 Å². The third-order valence-corrected chi connectivity index (χ3v) is 6.17. The van der Waals surface area contributed by atoms with Gasteiger partial charge in [-0.2, -0.15) is 28.5 Å². The summed E-state index contributed by atoms with van der Waals surface area (Å²) in [4.78, 5) is 35.9. The van der Waals surface area contributed by atoms with Crippen molar-refractivity contribution in [1.82, 2.24) is 40.2 Å². The smallest absolute Gasteiger partial charge is 0.342 e. The Morgan fingerprint density at radius 2 is 1.27 bits per heavy atom. The molecule has 0 N–H and O–H groups in total. The summed E-state index contributed by atoms with van der Waals surface area (Å²) in [6, 6.07) is -2.84. The fourth-order valence-corrected chi connectivity index (χ4v) is 4.87. The number of amides is 4. The Bertz CT molecular complexity index is 1180. The van der Waals surface area contributed by atoms with Gasteiger partial charge in [0.25, 0.3) is 0 Å². The van der Waals surface area contributed by atoms with Crippen LogP contribution in [0, 0.1) is 0 Å². The van der Waals surface area contributed by atoms with Crippen molar-refractivity contribution in [3.05, 3.63) is 36.6 Å². The van der Waals surface area contributed by atoms with E-state index in [2.05, 4.69) is 20.3 Å². The van der Waals surface area contributed by atoms with Gasteiger partial charge in [0.05, 0.1) is 25.2 Å². The number of hydrogen-bond donors (Lipinski definition) is 0. The lowest BCUT2D eigenvalue weighted by Crippen LogP contribution is -2.40. The molecule has 0 aliphatic carbocycles. The van der Waals surface area contributed by atoms with E-state index < -0.39 is 34.5 Å². The predicted molar refractivity (Wildman–Crippen MR) is 101 cm³/mol. The molecule has 4 aliphatic heterocycles. The van der Waals surface area contributed by atoms with Gasteiger partial charge in [-0.1, -0.05) is 10.3 Å². The SMILES string of the molecule is O=C1N2CC(c3ncon3)=CC(C2)N1OS(=O)(=O)ON1C(=O)N2CC(c3ncon3)=CC1C2. The molecule has 6 heterocycles. The van der Waals surface area contributed by atoms with Gasteiger partial charge in [0.15, 0.2) is 11.6 Å². The van der Waals surface area contributed by atoms with E-state index in [1.54, 1.807) is 12.2 Å². The largest absolute Gasteiger partial charge is 0.442 e. The van der Waals surface area contributed by atoms with E-state index in [1.807, 2.05) is 0 Å². The van der Waals surface area contributed by atoms with Crippen LogP contribution in [0.5, 0.6) is 0 Å². The van der Waals surface area contributed by atoms with Gasteiger partial charge < -0.3 is 18.8 Å². The summed E-state index contributed by atoms with van der Waals surface area (Å²) in [5.74, 6) is 0.568.